The van der Waals surface area contributed by atoms with Gasteiger partial charge in [-0.2, -0.15) is 11.8 Å². The number of hydrogen-bond donors (Lipinski definition) is 0. The second kappa shape index (κ2) is 4.88. The molecule has 1 fully saturated rings. The lowest BCUT2D eigenvalue weighted by Crippen LogP contribution is -2.37. The highest BCUT2D eigenvalue weighted by Crippen LogP contribution is 2.31. The van der Waals surface area contributed by atoms with Crippen LogP contribution in [0.3, 0.4) is 0 Å². The fraction of sp³-hybridized carbons (Fsp3) is 0.800. The molecule has 0 aromatic carbocycles. The van der Waals surface area contributed by atoms with Gasteiger partial charge in [0.2, 0.25) is 0 Å². The summed E-state index contributed by atoms with van der Waals surface area (Å²) in [5, 5.41) is 0. The highest BCUT2D eigenvalue weighted by atomic mass is 32.2. The Bertz CT molecular complexity index is 263. The summed E-state index contributed by atoms with van der Waals surface area (Å²) in [7, 11) is 0. The maximum absolute atomic E-state index is 11.6. The van der Waals surface area contributed by atoms with E-state index in [1.807, 2.05) is 11.8 Å². The highest BCUT2D eigenvalue weighted by Gasteiger charge is 2.40. The Hall–Kier alpha value is -0.710. The fourth-order valence-electron chi connectivity index (χ4n) is 1.93. The van der Waals surface area contributed by atoms with Crippen LogP contribution in [0, 0.1) is 5.92 Å². The minimum atomic E-state index is -0.436. The van der Waals surface area contributed by atoms with Gasteiger partial charge < -0.3 is 9.47 Å². The lowest BCUT2D eigenvalue weighted by Gasteiger charge is -2.21. The molecule has 0 amide bonds. The van der Waals surface area contributed by atoms with Crippen LogP contribution < -0.4 is 0 Å². The number of nitrogens with zero attached hydrogens (tertiary/aromatic N) is 1. The number of rotatable bonds is 3. The van der Waals surface area contributed by atoms with Crippen molar-refractivity contribution in [1.82, 2.24) is 0 Å². The molecule has 0 aromatic rings. The summed E-state index contributed by atoms with van der Waals surface area (Å²) in [6.45, 7) is 2.20. The molecule has 0 bridgehead atoms. The standard InChI is InChI=1S/C10H15NO3S/c1-2-13-10(12)8-9(14-6-11-8)7-3-4-15-5-7/h6-9H,2-5H2,1H3. The Labute approximate surface area is 93.4 Å². The molecule has 0 N–H and O–H groups in total. The summed E-state index contributed by atoms with van der Waals surface area (Å²) in [6.07, 6.45) is 2.41. The molecule has 0 aromatic heterocycles. The quantitative estimate of drug-likeness (QED) is 0.680. The van der Waals surface area contributed by atoms with E-state index in [0.717, 1.165) is 17.9 Å². The molecular formula is C10H15NO3S. The predicted octanol–water partition coefficient (Wildman–Crippen LogP) is 1.10. The van der Waals surface area contributed by atoms with E-state index in [4.69, 9.17) is 9.47 Å². The minimum absolute atomic E-state index is 0.0981. The Morgan fingerprint density at radius 3 is 3.27 bits per heavy atom. The Kier molecular flexibility index (Phi) is 3.51. The second-order valence-electron chi connectivity index (χ2n) is 3.68. The van der Waals surface area contributed by atoms with E-state index in [9.17, 15) is 4.79 Å². The molecule has 2 aliphatic rings. The van der Waals surface area contributed by atoms with Crippen molar-refractivity contribution in [2.24, 2.45) is 10.9 Å². The van der Waals surface area contributed by atoms with Crippen molar-refractivity contribution >= 4 is 24.1 Å². The van der Waals surface area contributed by atoms with Gasteiger partial charge in [-0.15, -0.1) is 0 Å². The maximum atomic E-state index is 11.6. The van der Waals surface area contributed by atoms with Gasteiger partial charge in [0.05, 0.1) is 6.61 Å². The Morgan fingerprint density at radius 2 is 2.60 bits per heavy atom. The van der Waals surface area contributed by atoms with Crippen LogP contribution in [0.2, 0.25) is 0 Å². The number of ether oxygens (including phenoxy) is 2. The van der Waals surface area contributed by atoms with Crippen molar-refractivity contribution in [2.75, 3.05) is 18.1 Å². The van der Waals surface area contributed by atoms with Crippen LogP contribution in [-0.4, -0.2) is 42.6 Å². The first-order valence-corrected chi connectivity index (χ1v) is 6.40. The van der Waals surface area contributed by atoms with Crippen LogP contribution >= 0.6 is 11.8 Å². The number of carbonyl (C=O) groups is 1. The molecule has 0 spiro atoms. The first-order chi connectivity index (χ1) is 7.33. The molecule has 5 heteroatoms. The van der Waals surface area contributed by atoms with Crippen molar-refractivity contribution < 1.29 is 14.3 Å². The van der Waals surface area contributed by atoms with Crippen molar-refractivity contribution in [3.05, 3.63) is 0 Å². The number of hydrogen-bond acceptors (Lipinski definition) is 5. The second-order valence-corrected chi connectivity index (χ2v) is 4.83. The van der Waals surface area contributed by atoms with E-state index in [-0.39, 0.29) is 12.1 Å². The summed E-state index contributed by atoms with van der Waals surface area (Å²) in [5.74, 6) is 2.39. The van der Waals surface area contributed by atoms with Crippen molar-refractivity contribution in [3.8, 4) is 0 Å². The van der Waals surface area contributed by atoms with Gasteiger partial charge in [-0.1, -0.05) is 0 Å². The average Bonchev–Trinajstić information content (AvgIpc) is 2.88. The summed E-state index contributed by atoms with van der Waals surface area (Å²) < 4.78 is 10.4. The monoisotopic (exact) mass is 229 g/mol. The molecule has 2 rings (SSSR count). The van der Waals surface area contributed by atoms with Crippen molar-refractivity contribution in [2.45, 2.75) is 25.5 Å². The van der Waals surface area contributed by atoms with Gasteiger partial charge in [0.1, 0.15) is 6.10 Å². The number of carbonyl (C=O) groups excluding carboxylic acids is 1. The third-order valence-electron chi connectivity index (χ3n) is 2.71. The lowest BCUT2D eigenvalue weighted by molar-refractivity contribution is -0.146. The smallest absolute Gasteiger partial charge is 0.334 e. The zero-order valence-corrected chi connectivity index (χ0v) is 9.53. The van der Waals surface area contributed by atoms with E-state index in [1.54, 1.807) is 6.92 Å². The van der Waals surface area contributed by atoms with E-state index in [1.165, 1.54) is 6.40 Å². The molecule has 0 aliphatic carbocycles. The van der Waals surface area contributed by atoms with E-state index < -0.39 is 6.04 Å². The largest absolute Gasteiger partial charge is 0.477 e. The number of thioether (sulfide) groups is 1. The van der Waals surface area contributed by atoms with Crippen LogP contribution in [0.15, 0.2) is 4.99 Å². The third kappa shape index (κ3) is 2.27. The van der Waals surface area contributed by atoms with Gasteiger partial charge in [0.25, 0.3) is 0 Å². The minimum Gasteiger partial charge on any atom is -0.477 e. The maximum Gasteiger partial charge on any atom is 0.334 e. The van der Waals surface area contributed by atoms with E-state index in [0.29, 0.717) is 12.5 Å². The van der Waals surface area contributed by atoms with Gasteiger partial charge in [-0.3, -0.25) is 0 Å². The van der Waals surface area contributed by atoms with Gasteiger partial charge in [-0.25, -0.2) is 9.79 Å². The van der Waals surface area contributed by atoms with Crippen molar-refractivity contribution in [1.29, 1.82) is 0 Å². The molecule has 15 heavy (non-hydrogen) atoms. The van der Waals surface area contributed by atoms with Crippen LogP contribution in [0.5, 0.6) is 0 Å². The summed E-state index contributed by atoms with van der Waals surface area (Å²) >= 11 is 1.91. The molecule has 0 saturated carbocycles. The average molecular weight is 229 g/mol. The van der Waals surface area contributed by atoms with Gasteiger partial charge in [0.15, 0.2) is 12.4 Å². The van der Waals surface area contributed by atoms with Crippen molar-refractivity contribution in [3.63, 3.8) is 0 Å². The number of aliphatic imine (C=N–C) groups is 1. The molecule has 4 nitrogen and oxygen atoms in total. The molecule has 84 valence electrons. The molecule has 0 radical (unpaired) electrons. The molecule has 2 aliphatic heterocycles. The third-order valence-corrected chi connectivity index (χ3v) is 3.90. The van der Waals surface area contributed by atoms with Crippen LogP contribution in [-0.2, 0) is 14.3 Å². The van der Waals surface area contributed by atoms with Gasteiger partial charge in [-0.05, 0) is 24.9 Å². The molecule has 3 atom stereocenters. The highest BCUT2D eigenvalue weighted by molar-refractivity contribution is 7.99. The predicted molar refractivity (Wildman–Crippen MR) is 59.2 cm³/mol. The molecule has 3 unspecified atom stereocenters. The van der Waals surface area contributed by atoms with Gasteiger partial charge in [0, 0.05) is 5.92 Å². The first-order valence-electron chi connectivity index (χ1n) is 5.24. The van der Waals surface area contributed by atoms with Crippen LogP contribution in [0.4, 0.5) is 0 Å². The van der Waals surface area contributed by atoms with Gasteiger partial charge >= 0.3 is 5.97 Å². The first kappa shape index (κ1) is 10.8. The zero-order valence-electron chi connectivity index (χ0n) is 8.72. The topological polar surface area (TPSA) is 47.9 Å². The van der Waals surface area contributed by atoms with E-state index >= 15 is 0 Å². The fourth-order valence-corrected chi connectivity index (χ4v) is 3.23. The molecular weight excluding hydrogens is 214 g/mol. The normalized spacial score (nSPS) is 34.1. The van der Waals surface area contributed by atoms with E-state index in [2.05, 4.69) is 4.99 Å². The molecule has 2 heterocycles. The summed E-state index contributed by atoms with van der Waals surface area (Å²) in [4.78, 5) is 15.6. The number of esters is 1. The summed E-state index contributed by atoms with van der Waals surface area (Å²) in [6, 6.07) is -0.436. The zero-order chi connectivity index (χ0) is 10.7. The summed E-state index contributed by atoms with van der Waals surface area (Å²) in [5.41, 5.74) is 0. The molecule has 1 saturated heterocycles. The van der Waals surface area contributed by atoms with Crippen LogP contribution in [0.25, 0.3) is 0 Å². The Morgan fingerprint density at radius 1 is 1.73 bits per heavy atom. The Balaban J connectivity index is 1.97. The van der Waals surface area contributed by atoms with Crippen LogP contribution in [0.1, 0.15) is 13.3 Å². The SMILES string of the molecule is CCOC(=O)C1N=COC1C1CCSC1. The lowest BCUT2D eigenvalue weighted by atomic mass is 9.96.